The minimum absolute atomic E-state index is 0.125. The molecule has 1 aromatic carbocycles. The topological polar surface area (TPSA) is 60.9 Å². The molecule has 2 aromatic rings. The van der Waals surface area contributed by atoms with Crippen LogP contribution >= 0.6 is 0 Å². The van der Waals surface area contributed by atoms with E-state index in [1.165, 1.54) is 12.1 Å². The van der Waals surface area contributed by atoms with E-state index in [1.807, 2.05) is 11.1 Å². The Kier molecular flexibility index (Phi) is 7.87. The zero-order valence-electron chi connectivity index (χ0n) is 23.4. The number of pyridine rings is 1. The number of hydrogen-bond donors (Lipinski definition) is 1. The summed E-state index contributed by atoms with van der Waals surface area (Å²) in [5, 5.41) is 3.63. The van der Waals surface area contributed by atoms with Crippen molar-refractivity contribution in [1.29, 1.82) is 0 Å². The molecule has 3 aliphatic rings. The van der Waals surface area contributed by atoms with E-state index >= 15 is 0 Å². The van der Waals surface area contributed by atoms with Gasteiger partial charge in [0.25, 0.3) is 0 Å². The lowest BCUT2D eigenvalue weighted by Gasteiger charge is -2.44. The summed E-state index contributed by atoms with van der Waals surface area (Å²) in [6, 6.07) is 9.66. The standard InChI is InChI=1S/C30H42FN5O2/c1-20-14-35(26(13-32-20)16-34-15-22(3)38-18-21(34)2)17-28(37)36-19-30(4,5)29-27(36)11-24(12-33-29)10-23-6-8-25(31)9-7-23/h6-9,11-12,20-22,26,32H,10,13-19H2,1-5H3/t20-,21+,22+,26-/m1/s1. The Hall–Kier alpha value is -2.39. The normalized spacial score (nSPS) is 27.9. The van der Waals surface area contributed by atoms with Crippen LogP contribution in [0.15, 0.2) is 36.5 Å². The summed E-state index contributed by atoms with van der Waals surface area (Å²) >= 11 is 0. The first-order chi connectivity index (χ1) is 18.1. The summed E-state index contributed by atoms with van der Waals surface area (Å²) in [5.74, 6) is -0.113. The van der Waals surface area contributed by atoms with E-state index in [0.29, 0.717) is 31.6 Å². The third kappa shape index (κ3) is 5.93. The Labute approximate surface area is 226 Å². The number of rotatable bonds is 6. The molecule has 7 nitrogen and oxygen atoms in total. The highest BCUT2D eigenvalue weighted by Gasteiger charge is 2.41. The van der Waals surface area contributed by atoms with Crippen molar-refractivity contribution >= 4 is 11.6 Å². The van der Waals surface area contributed by atoms with E-state index in [4.69, 9.17) is 9.72 Å². The second kappa shape index (κ2) is 11.0. The van der Waals surface area contributed by atoms with E-state index in [1.54, 1.807) is 12.1 Å². The van der Waals surface area contributed by atoms with Gasteiger partial charge in [0.05, 0.1) is 30.6 Å². The number of hydrogen-bond acceptors (Lipinski definition) is 6. The van der Waals surface area contributed by atoms with Crippen molar-refractivity contribution in [1.82, 2.24) is 20.1 Å². The summed E-state index contributed by atoms with van der Waals surface area (Å²) in [6.07, 6.45) is 2.78. The number of piperazine rings is 1. The first-order valence-corrected chi connectivity index (χ1v) is 14.0. The van der Waals surface area contributed by atoms with Gasteiger partial charge in [-0.1, -0.05) is 26.0 Å². The van der Waals surface area contributed by atoms with Crippen LogP contribution in [-0.2, 0) is 21.4 Å². The van der Waals surface area contributed by atoms with Crippen LogP contribution in [0.5, 0.6) is 0 Å². The van der Waals surface area contributed by atoms with Crippen molar-refractivity contribution in [3.63, 3.8) is 0 Å². The van der Waals surface area contributed by atoms with Gasteiger partial charge in [-0.25, -0.2) is 4.39 Å². The first kappa shape index (κ1) is 27.2. The first-order valence-electron chi connectivity index (χ1n) is 14.0. The van der Waals surface area contributed by atoms with Crippen LogP contribution in [0.4, 0.5) is 10.1 Å². The molecule has 0 saturated carbocycles. The fourth-order valence-electron chi connectivity index (χ4n) is 6.10. The molecule has 2 saturated heterocycles. The number of anilines is 1. The van der Waals surface area contributed by atoms with E-state index < -0.39 is 0 Å². The molecule has 8 heteroatoms. The predicted octanol–water partition coefficient (Wildman–Crippen LogP) is 3.21. The molecule has 0 unspecified atom stereocenters. The van der Waals surface area contributed by atoms with Crippen LogP contribution in [-0.4, -0.2) is 90.8 Å². The molecule has 38 heavy (non-hydrogen) atoms. The maximum absolute atomic E-state index is 13.9. The summed E-state index contributed by atoms with van der Waals surface area (Å²) in [4.78, 5) is 25.5. The minimum atomic E-state index is -0.238. The number of fused-ring (bicyclic) bond motifs is 1. The van der Waals surface area contributed by atoms with Gasteiger partial charge in [-0.15, -0.1) is 0 Å². The fourth-order valence-corrected chi connectivity index (χ4v) is 6.10. The van der Waals surface area contributed by atoms with Crippen LogP contribution in [0.25, 0.3) is 0 Å². The predicted molar refractivity (Wildman–Crippen MR) is 148 cm³/mol. The zero-order chi connectivity index (χ0) is 27.0. The van der Waals surface area contributed by atoms with Crippen LogP contribution in [0, 0.1) is 5.82 Å². The fraction of sp³-hybridized carbons (Fsp3) is 0.600. The van der Waals surface area contributed by atoms with Crippen LogP contribution in [0.3, 0.4) is 0 Å². The number of nitrogens with zero attached hydrogens (tertiary/aromatic N) is 4. The molecule has 2 fully saturated rings. The van der Waals surface area contributed by atoms with Gasteiger partial charge >= 0.3 is 0 Å². The largest absolute Gasteiger partial charge is 0.376 e. The van der Waals surface area contributed by atoms with Gasteiger partial charge in [0.2, 0.25) is 5.91 Å². The molecule has 0 radical (unpaired) electrons. The number of halogens is 1. The lowest BCUT2D eigenvalue weighted by atomic mass is 9.91. The van der Waals surface area contributed by atoms with Crippen LogP contribution in [0.2, 0.25) is 0 Å². The molecule has 4 atom stereocenters. The second-order valence-electron chi connectivity index (χ2n) is 12.2. The van der Waals surface area contributed by atoms with Gasteiger partial charge in [0.1, 0.15) is 5.82 Å². The number of nitrogens with one attached hydrogen (secondary N) is 1. The highest BCUT2D eigenvalue weighted by atomic mass is 19.1. The highest BCUT2D eigenvalue weighted by Crippen LogP contribution is 2.39. The lowest BCUT2D eigenvalue weighted by Crippen LogP contribution is -2.62. The number of carbonyl (C=O) groups excluding carboxylic acids is 1. The van der Waals surface area contributed by atoms with E-state index in [-0.39, 0.29) is 29.3 Å². The molecule has 1 amide bonds. The number of aromatic nitrogens is 1. The number of amides is 1. The van der Waals surface area contributed by atoms with Gasteiger partial charge in [0, 0.05) is 62.5 Å². The monoisotopic (exact) mass is 523 g/mol. The van der Waals surface area contributed by atoms with Crippen molar-refractivity contribution in [2.75, 3.05) is 50.8 Å². The number of carbonyl (C=O) groups is 1. The summed E-state index contributed by atoms with van der Waals surface area (Å²) in [7, 11) is 0. The van der Waals surface area contributed by atoms with Gasteiger partial charge in [-0.3, -0.25) is 19.6 Å². The van der Waals surface area contributed by atoms with Gasteiger partial charge in [0.15, 0.2) is 0 Å². The third-order valence-electron chi connectivity index (χ3n) is 8.28. The maximum Gasteiger partial charge on any atom is 0.241 e. The molecule has 0 aliphatic carbocycles. The molecular weight excluding hydrogens is 481 g/mol. The van der Waals surface area contributed by atoms with Gasteiger partial charge in [-0.05, 0) is 56.5 Å². The van der Waals surface area contributed by atoms with Crippen molar-refractivity contribution < 1.29 is 13.9 Å². The molecule has 5 rings (SSSR count). The Morgan fingerprint density at radius 2 is 1.89 bits per heavy atom. The van der Waals surface area contributed by atoms with Crippen LogP contribution < -0.4 is 10.2 Å². The number of benzene rings is 1. The summed E-state index contributed by atoms with van der Waals surface area (Å²) in [6.45, 7) is 16.2. The van der Waals surface area contributed by atoms with Gasteiger partial charge < -0.3 is 15.0 Å². The smallest absolute Gasteiger partial charge is 0.241 e. The Morgan fingerprint density at radius 3 is 2.66 bits per heavy atom. The Bertz CT molecular complexity index is 1140. The van der Waals surface area contributed by atoms with Crippen LogP contribution in [0.1, 0.15) is 51.4 Å². The van der Waals surface area contributed by atoms with Gasteiger partial charge in [-0.2, -0.15) is 0 Å². The minimum Gasteiger partial charge on any atom is -0.376 e. The van der Waals surface area contributed by atoms with Crippen molar-refractivity contribution in [2.24, 2.45) is 0 Å². The Balaban J connectivity index is 1.32. The lowest BCUT2D eigenvalue weighted by molar-refractivity contribution is -0.121. The van der Waals surface area contributed by atoms with E-state index in [9.17, 15) is 9.18 Å². The third-order valence-corrected chi connectivity index (χ3v) is 8.28. The van der Waals surface area contributed by atoms with E-state index in [2.05, 4.69) is 55.8 Å². The number of ether oxygens (including phenoxy) is 1. The SMILES string of the molecule is C[C@@H]1CN(CC(=O)N2CC(C)(C)c3ncc(Cc4ccc(F)cc4)cc32)[C@@H](CN2C[C@H](C)OC[C@@H]2C)CN1. The number of morpholine rings is 1. The molecular formula is C30H42FN5O2. The molecule has 0 spiro atoms. The van der Waals surface area contributed by atoms with Crippen molar-refractivity contribution in [3.8, 4) is 0 Å². The second-order valence-corrected chi connectivity index (χ2v) is 12.2. The zero-order valence-corrected chi connectivity index (χ0v) is 23.4. The molecule has 4 heterocycles. The molecule has 0 bridgehead atoms. The quantitative estimate of drug-likeness (QED) is 0.628. The molecule has 3 aliphatic heterocycles. The Morgan fingerprint density at radius 1 is 1.13 bits per heavy atom. The molecule has 1 aromatic heterocycles. The van der Waals surface area contributed by atoms with Crippen molar-refractivity contribution in [2.45, 2.75) is 70.7 Å². The molecule has 1 N–H and O–H groups in total. The van der Waals surface area contributed by atoms with Crippen molar-refractivity contribution in [3.05, 3.63) is 59.2 Å². The summed E-state index contributed by atoms with van der Waals surface area (Å²) in [5.41, 5.74) is 3.71. The maximum atomic E-state index is 13.9. The molecule has 206 valence electrons. The average molecular weight is 524 g/mol. The highest BCUT2D eigenvalue weighted by molar-refractivity contribution is 5.97. The van der Waals surface area contributed by atoms with E-state index in [0.717, 1.165) is 55.3 Å². The average Bonchev–Trinajstić information content (AvgIpc) is 3.14. The summed E-state index contributed by atoms with van der Waals surface area (Å²) < 4.78 is 19.2.